The van der Waals surface area contributed by atoms with Gasteiger partial charge < -0.3 is 10.5 Å². The van der Waals surface area contributed by atoms with Crippen LogP contribution in [0.1, 0.15) is 11.1 Å². The lowest BCUT2D eigenvalue weighted by molar-refractivity contribution is 0.413. The van der Waals surface area contributed by atoms with Crippen LogP contribution in [0.25, 0.3) is 0 Å². The maximum atomic E-state index is 13.7. The van der Waals surface area contributed by atoms with Crippen molar-refractivity contribution in [3.63, 3.8) is 0 Å². The van der Waals surface area contributed by atoms with Gasteiger partial charge >= 0.3 is 0 Å². The van der Waals surface area contributed by atoms with Crippen molar-refractivity contribution >= 4 is 33.1 Å². The van der Waals surface area contributed by atoms with Gasteiger partial charge in [-0.05, 0) is 30.7 Å². The fourth-order valence-corrected chi connectivity index (χ4v) is 2.27. The molecule has 104 valence electrons. The molecule has 0 heterocycles. The second-order valence-electron chi connectivity index (χ2n) is 4.12. The second-order valence-corrected chi connectivity index (χ2v) is 5.47. The molecule has 0 aliphatic heterocycles. The van der Waals surface area contributed by atoms with E-state index in [4.69, 9.17) is 22.7 Å². The molecule has 0 atom stereocenters. The molecule has 20 heavy (non-hydrogen) atoms. The molecule has 0 aromatic heterocycles. The van der Waals surface area contributed by atoms with E-state index in [1.807, 2.05) is 0 Å². The van der Waals surface area contributed by atoms with E-state index in [-0.39, 0.29) is 10.7 Å². The molecule has 6 heteroatoms. The van der Waals surface area contributed by atoms with E-state index < -0.39 is 11.6 Å². The van der Waals surface area contributed by atoms with E-state index in [1.54, 1.807) is 25.1 Å². The molecule has 2 aromatic rings. The summed E-state index contributed by atoms with van der Waals surface area (Å²) in [5.74, 6) is -1.98. The Kier molecular flexibility index (Phi) is 4.35. The zero-order chi connectivity index (χ0) is 14.9. The molecule has 2 nitrogen and oxygen atoms in total. The summed E-state index contributed by atoms with van der Waals surface area (Å²) >= 11 is 8.02. The standard InChI is InChI=1S/C14H10BrF2NOS/c1-7-3-2-4-9(14(18)20)13(7)19-11-6-8(15)5-10(16)12(11)17/h2-6H,1H3,(H2,18,20). The number of ether oxygens (including phenoxy) is 1. The molecule has 0 bridgehead atoms. The highest BCUT2D eigenvalue weighted by Crippen LogP contribution is 2.33. The summed E-state index contributed by atoms with van der Waals surface area (Å²) in [4.78, 5) is 0.125. The van der Waals surface area contributed by atoms with Gasteiger partial charge in [-0.1, -0.05) is 40.3 Å². The summed E-state index contributed by atoms with van der Waals surface area (Å²) in [6.07, 6.45) is 0. The zero-order valence-electron chi connectivity index (χ0n) is 10.4. The Morgan fingerprint density at radius 2 is 2.00 bits per heavy atom. The highest BCUT2D eigenvalue weighted by atomic mass is 79.9. The van der Waals surface area contributed by atoms with Crippen LogP contribution in [0.4, 0.5) is 8.78 Å². The van der Waals surface area contributed by atoms with Crippen LogP contribution >= 0.6 is 28.1 Å². The number of thiocarbonyl (C=S) groups is 1. The Morgan fingerprint density at radius 1 is 1.30 bits per heavy atom. The maximum absolute atomic E-state index is 13.7. The molecule has 0 saturated carbocycles. The summed E-state index contributed by atoms with van der Waals surface area (Å²) in [5, 5.41) is 0. The monoisotopic (exact) mass is 357 g/mol. The first-order valence-electron chi connectivity index (χ1n) is 5.62. The minimum absolute atomic E-state index is 0.125. The van der Waals surface area contributed by atoms with Crippen molar-refractivity contribution in [3.05, 3.63) is 57.6 Å². The molecule has 2 rings (SSSR count). The molecular formula is C14H10BrF2NOS. The molecule has 0 amide bonds. The lowest BCUT2D eigenvalue weighted by Crippen LogP contribution is -2.11. The van der Waals surface area contributed by atoms with E-state index in [0.29, 0.717) is 15.8 Å². The topological polar surface area (TPSA) is 35.2 Å². The first-order chi connectivity index (χ1) is 9.40. The Morgan fingerprint density at radius 3 is 2.65 bits per heavy atom. The summed E-state index contributed by atoms with van der Waals surface area (Å²) in [6, 6.07) is 7.55. The fourth-order valence-electron chi connectivity index (χ4n) is 1.70. The number of nitrogens with two attached hydrogens (primary N) is 1. The molecule has 0 spiro atoms. The number of benzene rings is 2. The summed E-state index contributed by atoms with van der Waals surface area (Å²) in [5.41, 5.74) is 6.80. The first-order valence-corrected chi connectivity index (χ1v) is 6.82. The lowest BCUT2D eigenvalue weighted by Gasteiger charge is -2.14. The average molecular weight is 358 g/mol. The molecule has 0 unspecified atom stereocenters. The van der Waals surface area contributed by atoms with Gasteiger partial charge in [-0.25, -0.2) is 4.39 Å². The Hall–Kier alpha value is -1.53. The second kappa shape index (κ2) is 5.85. The number of hydrogen-bond acceptors (Lipinski definition) is 2. The molecule has 0 aliphatic rings. The molecule has 0 aliphatic carbocycles. The van der Waals surface area contributed by atoms with Gasteiger partial charge in [0.25, 0.3) is 0 Å². The zero-order valence-corrected chi connectivity index (χ0v) is 12.8. The normalized spacial score (nSPS) is 10.4. The van der Waals surface area contributed by atoms with Crippen molar-refractivity contribution in [1.29, 1.82) is 0 Å². The van der Waals surface area contributed by atoms with Crippen LogP contribution in [0.3, 0.4) is 0 Å². The quantitative estimate of drug-likeness (QED) is 0.650. The van der Waals surface area contributed by atoms with Crippen LogP contribution in [0.5, 0.6) is 11.5 Å². The molecule has 0 saturated heterocycles. The minimum Gasteiger partial charge on any atom is -0.453 e. The Bertz CT molecular complexity index is 691. The summed E-state index contributed by atoms with van der Waals surface area (Å²) in [6.45, 7) is 1.77. The van der Waals surface area contributed by atoms with E-state index >= 15 is 0 Å². The Labute approximate surface area is 128 Å². The maximum Gasteiger partial charge on any atom is 0.201 e. The molecule has 2 N–H and O–H groups in total. The predicted molar refractivity (Wildman–Crippen MR) is 81.2 cm³/mol. The highest BCUT2D eigenvalue weighted by molar-refractivity contribution is 9.10. The van der Waals surface area contributed by atoms with Gasteiger partial charge in [-0.15, -0.1) is 0 Å². The Balaban J connectivity index is 2.53. The van der Waals surface area contributed by atoms with Gasteiger partial charge in [-0.3, -0.25) is 0 Å². The van der Waals surface area contributed by atoms with Crippen molar-refractivity contribution in [2.24, 2.45) is 5.73 Å². The van der Waals surface area contributed by atoms with Crippen molar-refractivity contribution in [2.75, 3.05) is 0 Å². The fraction of sp³-hybridized carbons (Fsp3) is 0.0714. The van der Waals surface area contributed by atoms with E-state index in [0.717, 1.165) is 11.6 Å². The number of hydrogen-bond donors (Lipinski definition) is 1. The van der Waals surface area contributed by atoms with E-state index in [2.05, 4.69) is 15.9 Å². The van der Waals surface area contributed by atoms with Gasteiger partial charge in [-0.2, -0.15) is 4.39 Å². The van der Waals surface area contributed by atoms with E-state index in [9.17, 15) is 8.78 Å². The molecule has 0 radical (unpaired) electrons. The summed E-state index contributed by atoms with van der Waals surface area (Å²) < 4.78 is 33.0. The van der Waals surface area contributed by atoms with Crippen LogP contribution in [0, 0.1) is 18.6 Å². The average Bonchev–Trinajstić information content (AvgIpc) is 2.37. The highest BCUT2D eigenvalue weighted by Gasteiger charge is 2.16. The van der Waals surface area contributed by atoms with Crippen molar-refractivity contribution in [3.8, 4) is 11.5 Å². The predicted octanol–water partition coefficient (Wildman–Crippen LogP) is 4.46. The van der Waals surface area contributed by atoms with Crippen molar-refractivity contribution < 1.29 is 13.5 Å². The van der Waals surface area contributed by atoms with Crippen LogP contribution < -0.4 is 10.5 Å². The number of rotatable bonds is 3. The van der Waals surface area contributed by atoms with Crippen LogP contribution in [0.15, 0.2) is 34.8 Å². The third kappa shape index (κ3) is 2.96. The van der Waals surface area contributed by atoms with Gasteiger partial charge in [0.05, 0.1) is 5.56 Å². The van der Waals surface area contributed by atoms with Crippen LogP contribution in [0.2, 0.25) is 0 Å². The van der Waals surface area contributed by atoms with Gasteiger partial charge in [0.1, 0.15) is 10.7 Å². The third-order valence-corrected chi connectivity index (χ3v) is 3.33. The molecular weight excluding hydrogens is 348 g/mol. The molecule has 0 fully saturated rings. The lowest BCUT2D eigenvalue weighted by atomic mass is 10.1. The van der Waals surface area contributed by atoms with Crippen molar-refractivity contribution in [1.82, 2.24) is 0 Å². The number of aryl methyl sites for hydroxylation is 1. The first kappa shape index (κ1) is 14.9. The third-order valence-electron chi connectivity index (χ3n) is 2.65. The van der Waals surface area contributed by atoms with Gasteiger partial charge in [0, 0.05) is 4.47 Å². The smallest absolute Gasteiger partial charge is 0.201 e. The van der Waals surface area contributed by atoms with Crippen LogP contribution in [-0.4, -0.2) is 4.99 Å². The minimum atomic E-state index is -1.06. The molecule has 2 aromatic carbocycles. The number of para-hydroxylation sites is 1. The SMILES string of the molecule is Cc1cccc(C(N)=S)c1Oc1cc(Br)cc(F)c1F. The van der Waals surface area contributed by atoms with Crippen LogP contribution in [-0.2, 0) is 0 Å². The largest absolute Gasteiger partial charge is 0.453 e. The summed E-state index contributed by atoms with van der Waals surface area (Å²) in [7, 11) is 0. The van der Waals surface area contributed by atoms with Gasteiger partial charge in [0.15, 0.2) is 11.6 Å². The van der Waals surface area contributed by atoms with E-state index in [1.165, 1.54) is 6.07 Å². The number of halogens is 3. The van der Waals surface area contributed by atoms with Gasteiger partial charge in [0.2, 0.25) is 5.82 Å². The van der Waals surface area contributed by atoms with Crippen molar-refractivity contribution in [2.45, 2.75) is 6.92 Å².